The molecule has 0 saturated heterocycles. The van der Waals surface area contributed by atoms with Gasteiger partial charge in [-0.2, -0.15) is 0 Å². The first-order chi connectivity index (χ1) is 22.1. The Bertz CT molecular complexity index is 757. The van der Waals surface area contributed by atoms with Gasteiger partial charge in [-0.15, -0.1) is 0 Å². The number of amides is 1. The van der Waals surface area contributed by atoms with Crippen molar-refractivity contribution in [1.29, 1.82) is 0 Å². The largest absolute Gasteiger partial charge is 2.00 e. The number of hydrogen-bond acceptors (Lipinski definition) is 8. The molecule has 272 valence electrons. The number of carboxylic acid groups (broad SMARTS) is 2. The van der Waals surface area contributed by atoms with E-state index in [2.05, 4.69) is 24.2 Å². The quantitative estimate of drug-likeness (QED) is 0.0302. The van der Waals surface area contributed by atoms with Gasteiger partial charge in [-0.25, -0.2) is 0 Å². The Labute approximate surface area is 299 Å². The smallest absolute Gasteiger partial charge is 0.862 e. The van der Waals surface area contributed by atoms with Crippen molar-refractivity contribution in [3.05, 3.63) is 0 Å². The van der Waals surface area contributed by atoms with Crippen LogP contribution in [0.2, 0.25) is 0 Å². The molecular formula is C36H70N4O6Zn. The molecule has 0 aliphatic carbocycles. The maximum Gasteiger partial charge on any atom is 2.00 e. The molecule has 0 radical (unpaired) electrons. The Morgan fingerprint density at radius 2 is 1.04 bits per heavy atom. The Kier molecular flexibility index (Phi) is 41.2. The molecule has 1 amide bonds. The monoisotopic (exact) mass is 718 g/mol. The second-order valence-corrected chi connectivity index (χ2v) is 12.6. The molecule has 0 bridgehead atoms. The first-order valence-corrected chi connectivity index (χ1v) is 18.6. The number of hydrogen-bond donors (Lipinski definition) is 4. The summed E-state index contributed by atoms with van der Waals surface area (Å²) in [5, 5.41) is 33.5. The minimum Gasteiger partial charge on any atom is -0.862 e. The van der Waals surface area contributed by atoms with Crippen LogP contribution in [0.15, 0.2) is 4.99 Å². The van der Waals surface area contributed by atoms with Crippen molar-refractivity contribution < 1.29 is 49.2 Å². The topological polar surface area (TPSA) is 194 Å². The van der Waals surface area contributed by atoms with Gasteiger partial charge in [0.1, 0.15) is 6.04 Å². The fraction of sp³-hybridized carbons (Fsp3) is 0.889. The maximum atomic E-state index is 11.6. The summed E-state index contributed by atoms with van der Waals surface area (Å²) < 4.78 is 0. The van der Waals surface area contributed by atoms with E-state index in [0.29, 0.717) is 51.6 Å². The van der Waals surface area contributed by atoms with E-state index in [1.807, 2.05) is 0 Å². The summed E-state index contributed by atoms with van der Waals surface area (Å²) in [5.41, 5.74) is 10.7. The molecule has 47 heavy (non-hydrogen) atoms. The first kappa shape index (κ1) is 49.8. The average Bonchev–Trinajstić information content (AvgIpc) is 3.02. The van der Waals surface area contributed by atoms with Gasteiger partial charge in [0.25, 0.3) is 0 Å². The van der Waals surface area contributed by atoms with Crippen molar-refractivity contribution in [3.8, 4) is 0 Å². The first-order valence-electron chi connectivity index (χ1n) is 18.6. The van der Waals surface area contributed by atoms with Gasteiger partial charge in [0.15, 0.2) is 0 Å². The molecule has 6 N–H and O–H groups in total. The van der Waals surface area contributed by atoms with Crippen LogP contribution in [-0.2, 0) is 33.9 Å². The van der Waals surface area contributed by atoms with Gasteiger partial charge in [0, 0.05) is 25.6 Å². The van der Waals surface area contributed by atoms with Crippen LogP contribution in [0.25, 0.3) is 0 Å². The van der Waals surface area contributed by atoms with Crippen LogP contribution >= 0.6 is 0 Å². The van der Waals surface area contributed by atoms with E-state index >= 15 is 0 Å². The standard InChI is InChI=1S/2C18H36N2O3.Zn/c2*1-2-3-4-5-6-7-8-9-10-14-17(21)20-15-12-11-13-16(19)18(22)23;/h2*16H,2-15,19H2,1H3,(H,20,21)(H,22,23);/q;;+2/p-2/t2*16-;/m00./s1. The molecule has 0 aromatic heterocycles. The molecule has 0 fully saturated rings. The number of nitrogens with two attached hydrogens (primary N) is 2. The Morgan fingerprint density at radius 1 is 0.617 bits per heavy atom. The molecular weight excluding hydrogens is 650 g/mol. The van der Waals surface area contributed by atoms with Crippen LogP contribution in [-0.4, -0.2) is 54.0 Å². The number of unbranched alkanes of at least 4 members (excludes halogenated alkanes) is 18. The van der Waals surface area contributed by atoms with Crippen LogP contribution in [0.4, 0.5) is 0 Å². The van der Waals surface area contributed by atoms with Gasteiger partial charge in [-0.05, 0) is 63.7 Å². The third-order valence-electron chi connectivity index (χ3n) is 8.10. The Balaban J connectivity index is -0.000000807. The molecule has 0 unspecified atom stereocenters. The van der Waals surface area contributed by atoms with Crippen LogP contribution in [0.1, 0.15) is 181 Å². The van der Waals surface area contributed by atoms with Gasteiger partial charge >= 0.3 is 25.4 Å². The molecule has 0 aromatic rings. The zero-order chi connectivity index (χ0) is 34.7. The Morgan fingerprint density at radius 3 is 1.51 bits per heavy atom. The molecule has 0 rings (SSSR count). The summed E-state index contributed by atoms with van der Waals surface area (Å²) in [6, 6.07) is -1.69. The molecule has 10 nitrogen and oxygen atoms in total. The number of aliphatic imine (C=N–C) groups is 1. The summed E-state index contributed by atoms with van der Waals surface area (Å²) in [6.07, 6.45) is 27.3. The summed E-state index contributed by atoms with van der Waals surface area (Å²) in [7, 11) is 0. The fourth-order valence-corrected chi connectivity index (χ4v) is 4.99. The SMILES string of the molecule is CCCCCCCCCCCC(=O)NCCCC[C@H](N)C(=O)O.CCCCCCCCCCCC([O-])=NCCCC[C@H](N)C(=O)[O-].[Zn+2]. The zero-order valence-electron chi connectivity index (χ0n) is 30.3. The molecule has 0 aliphatic heterocycles. The fourth-order valence-electron chi connectivity index (χ4n) is 4.99. The van der Waals surface area contributed by atoms with E-state index in [4.69, 9.17) is 16.6 Å². The maximum absolute atomic E-state index is 11.6. The second-order valence-electron chi connectivity index (χ2n) is 12.6. The molecule has 0 spiro atoms. The van der Waals surface area contributed by atoms with E-state index in [0.717, 1.165) is 38.5 Å². The molecule has 0 aromatic carbocycles. The zero-order valence-corrected chi connectivity index (χ0v) is 33.2. The van der Waals surface area contributed by atoms with Crippen LogP contribution < -0.4 is 27.0 Å². The number of nitrogens with one attached hydrogen (secondary N) is 1. The number of carboxylic acids is 2. The molecule has 0 saturated carbocycles. The van der Waals surface area contributed by atoms with Gasteiger partial charge in [-0.1, -0.05) is 117 Å². The van der Waals surface area contributed by atoms with E-state index in [-0.39, 0.29) is 31.3 Å². The van der Waals surface area contributed by atoms with Gasteiger partial charge < -0.3 is 41.9 Å². The minimum absolute atomic E-state index is 0. The van der Waals surface area contributed by atoms with Gasteiger partial charge in [0.2, 0.25) is 5.91 Å². The summed E-state index contributed by atoms with van der Waals surface area (Å²) in [6.45, 7) is 5.54. The second kappa shape index (κ2) is 38.9. The number of aliphatic carboxylic acids is 2. The summed E-state index contributed by atoms with van der Waals surface area (Å²) in [4.78, 5) is 36.6. The van der Waals surface area contributed by atoms with E-state index in [1.54, 1.807) is 0 Å². The van der Waals surface area contributed by atoms with Crippen molar-refractivity contribution >= 4 is 23.7 Å². The van der Waals surface area contributed by atoms with Crippen molar-refractivity contribution in [2.24, 2.45) is 16.5 Å². The van der Waals surface area contributed by atoms with Gasteiger partial charge in [0.05, 0.1) is 5.97 Å². The van der Waals surface area contributed by atoms with E-state index in [9.17, 15) is 24.6 Å². The molecule has 0 aliphatic rings. The molecule has 0 heterocycles. The summed E-state index contributed by atoms with van der Waals surface area (Å²) in [5.74, 6) is -2.10. The number of carbonyl (C=O) groups excluding carboxylic acids is 2. The number of carbonyl (C=O) groups is 3. The van der Waals surface area contributed by atoms with Crippen molar-refractivity contribution in [3.63, 3.8) is 0 Å². The van der Waals surface area contributed by atoms with Crippen LogP contribution in [0.3, 0.4) is 0 Å². The van der Waals surface area contributed by atoms with Crippen LogP contribution in [0, 0.1) is 0 Å². The summed E-state index contributed by atoms with van der Waals surface area (Å²) >= 11 is 0. The van der Waals surface area contributed by atoms with Crippen molar-refractivity contribution in [1.82, 2.24) is 5.32 Å². The minimum atomic E-state index is -1.22. The predicted molar refractivity (Wildman–Crippen MR) is 185 cm³/mol. The molecule has 2 atom stereocenters. The van der Waals surface area contributed by atoms with Crippen molar-refractivity contribution in [2.75, 3.05) is 13.1 Å². The third kappa shape index (κ3) is 40.5. The third-order valence-corrected chi connectivity index (χ3v) is 8.10. The number of rotatable bonds is 32. The van der Waals surface area contributed by atoms with E-state index in [1.165, 1.54) is 89.9 Å². The predicted octanol–water partition coefficient (Wildman–Crippen LogP) is 5.52. The Hall–Kier alpha value is -1.58. The normalized spacial score (nSPS) is 12.4. The van der Waals surface area contributed by atoms with Gasteiger partial charge in [-0.3, -0.25) is 9.59 Å². The number of nitrogens with zero attached hydrogens (tertiary/aromatic N) is 1. The van der Waals surface area contributed by atoms with E-state index < -0.39 is 24.0 Å². The van der Waals surface area contributed by atoms with Crippen molar-refractivity contribution in [2.45, 2.75) is 193 Å². The van der Waals surface area contributed by atoms with Crippen LogP contribution in [0.5, 0.6) is 0 Å². The average molecular weight is 720 g/mol. The molecule has 11 heteroatoms.